The maximum absolute atomic E-state index is 14.2. The fourth-order valence-electron chi connectivity index (χ4n) is 6.74. The first-order valence-corrected chi connectivity index (χ1v) is 27.3. The Balaban J connectivity index is 3.28. The fraction of sp³-hybridized carbons (Fsp3) is 0.667. The lowest BCUT2D eigenvalue weighted by Crippen LogP contribution is -2.60. The van der Waals surface area contributed by atoms with Gasteiger partial charge in [0.05, 0.1) is 31.9 Å². The number of primary amides is 1. The third-order valence-corrected chi connectivity index (χ3v) is 12.4. The van der Waals surface area contributed by atoms with Crippen LogP contribution in [0, 0.1) is 0 Å². The Hall–Kier alpha value is -6.57. The summed E-state index contributed by atoms with van der Waals surface area (Å²) in [5.74, 6) is -9.69. The minimum Gasteiger partial charge on any atom is -0.480 e. The smallest absolute Gasteiger partial charge is 0.325 e. The summed E-state index contributed by atoms with van der Waals surface area (Å²) in [5.41, 5.74) is 22.9. The number of nitrogens with zero attached hydrogens (tertiary/aromatic N) is 1. The van der Waals surface area contributed by atoms with Crippen molar-refractivity contribution in [1.82, 2.24) is 63.1 Å². The van der Waals surface area contributed by atoms with Crippen LogP contribution >= 0.6 is 23.5 Å². The molecular formula is C45H78N16O13S2. The van der Waals surface area contributed by atoms with Crippen molar-refractivity contribution in [2.24, 2.45) is 22.9 Å². The molecule has 428 valence electrons. The third-order valence-electron chi connectivity index (χ3n) is 11.1. The normalized spacial score (nSPS) is 14.5. The Bertz CT molecular complexity index is 2090. The van der Waals surface area contributed by atoms with E-state index in [-0.39, 0.29) is 32.2 Å². The number of hydrogen-bond acceptors (Lipinski definition) is 18. The van der Waals surface area contributed by atoms with Crippen LogP contribution in [0.15, 0.2) is 12.5 Å². The van der Waals surface area contributed by atoms with Crippen LogP contribution in [-0.2, 0) is 64.0 Å². The molecule has 76 heavy (non-hydrogen) atoms. The lowest BCUT2D eigenvalue weighted by atomic mass is 10.0. The summed E-state index contributed by atoms with van der Waals surface area (Å²) in [6, 6.07) is -11.4. The molecule has 0 aliphatic heterocycles. The van der Waals surface area contributed by atoms with Gasteiger partial charge in [-0.25, -0.2) is 4.98 Å². The molecule has 0 fully saturated rings. The molecule has 0 aromatic carbocycles. The SMILES string of the molecule is CSCC[C@H](NC(=O)[C@H](Cc1cnc[nH]1)NC(=O)[C@H](CCCCN)NC(=O)[C@H](CCSC)NC(=O)[C@H](CC(N)=O)NC(=O)CNC(=O)[C@@H](N)CCCCN)C(=O)N[C@@H](C)C(=O)NCC(=O)N[C@@H](C)C(=O)N[C@@H](C)C(=O)O. The molecule has 0 spiro atoms. The molecule has 1 aromatic heterocycles. The number of aromatic nitrogens is 2. The highest BCUT2D eigenvalue weighted by Gasteiger charge is 2.34. The van der Waals surface area contributed by atoms with Gasteiger partial charge in [-0.1, -0.05) is 6.42 Å². The topological polar surface area (TPSA) is 478 Å². The van der Waals surface area contributed by atoms with E-state index in [9.17, 15) is 57.5 Å². The highest BCUT2D eigenvalue weighted by Crippen LogP contribution is 2.10. The molecule has 0 unspecified atom stereocenters. The molecule has 1 heterocycles. The number of aromatic amines is 1. The van der Waals surface area contributed by atoms with Crippen LogP contribution in [0.25, 0.3) is 0 Å². The first kappa shape index (κ1) is 67.4. The number of hydrogen-bond donors (Lipinski definition) is 16. The molecule has 20 N–H and O–H groups in total. The molecule has 29 nitrogen and oxygen atoms in total. The molecule has 11 amide bonds. The first-order chi connectivity index (χ1) is 36.0. The van der Waals surface area contributed by atoms with Crippen LogP contribution < -0.4 is 76.1 Å². The van der Waals surface area contributed by atoms with Gasteiger partial charge in [-0.2, -0.15) is 23.5 Å². The van der Waals surface area contributed by atoms with Crippen molar-refractivity contribution in [3.63, 3.8) is 0 Å². The van der Waals surface area contributed by atoms with E-state index in [0.29, 0.717) is 55.8 Å². The van der Waals surface area contributed by atoms with Gasteiger partial charge in [-0.3, -0.25) is 57.5 Å². The Morgan fingerprint density at radius 1 is 0.553 bits per heavy atom. The maximum Gasteiger partial charge on any atom is 0.325 e. The van der Waals surface area contributed by atoms with E-state index in [0.717, 1.165) is 0 Å². The molecule has 9 atom stereocenters. The number of carbonyl (C=O) groups excluding carboxylic acids is 11. The second-order valence-corrected chi connectivity index (χ2v) is 19.5. The number of nitrogens with two attached hydrogens (primary N) is 4. The highest BCUT2D eigenvalue weighted by molar-refractivity contribution is 7.98. The standard InChI is InChI=1S/C45H78N16O13S2/c1-24(37(65)51-21-35(63)54-25(2)38(66)56-26(3)45(73)74)55-40(68)30(12-16-75-4)59-43(71)32(18-27-20-50-23-53-27)61-41(69)29(11-7-9-15-47)58-42(70)31(13-17-76-5)60-44(72)33(19-34(49)62)57-36(64)22-52-39(67)28(48)10-6-8-14-46/h20,23-26,28-33H,6-19,21-22,46-48H2,1-5H3,(H2,49,62)(H,50,53)(H,51,65)(H,52,67)(H,54,63)(H,55,68)(H,56,66)(H,57,64)(H,58,70)(H,59,71)(H,60,72)(H,61,69)(H,73,74)/t24-,25-,26-,28-,29-,30-,31-,32-,33-/m0/s1. The lowest BCUT2D eigenvalue weighted by molar-refractivity contribution is -0.141. The molecule has 0 saturated carbocycles. The summed E-state index contributed by atoms with van der Waals surface area (Å²) in [6.07, 6.45) is 7.80. The van der Waals surface area contributed by atoms with Crippen molar-refractivity contribution >= 4 is 94.5 Å². The zero-order valence-corrected chi connectivity index (χ0v) is 45.2. The second-order valence-electron chi connectivity index (χ2n) is 17.6. The summed E-state index contributed by atoms with van der Waals surface area (Å²) in [6.45, 7) is 3.32. The number of H-pyrrole nitrogens is 1. The van der Waals surface area contributed by atoms with E-state index in [4.69, 9.17) is 28.0 Å². The highest BCUT2D eigenvalue weighted by atomic mass is 32.2. The van der Waals surface area contributed by atoms with Crippen molar-refractivity contribution in [3.05, 3.63) is 18.2 Å². The van der Waals surface area contributed by atoms with Crippen molar-refractivity contribution in [2.75, 3.05) is 50.2 Å². The van der Waals surface area contributed by atoms with Gasteiger partial charge in [0.25, 0.3) is 0 Å². The fourth-order valence-corrected chi connectivity index (χ4v) is 7.68. The molecule has 1 rings (SSSR count). The van der Waals surface area contributed by atoms with Gasteiger partial charge in [0.2, 0.25) is 65.0 Å². The van der Waals surface area contributed by atoms with Crippen molar-refractivity contribution in [2.45, 2.75) is 139 Å². The van der Waals surface area contributed by atoms with E-state index < -0.39 is 145 Å². The number of nitrogens with one attached hydrogen (secondary N) is 11. The van der Waals surface area contributed by atoms with Crippen LogP contribution in [0.1, 0.15) is 84.3 Å². The molecule has 0 aliphatic carbocycles. The minimum atomic E-state index is -1.58. The molecule has 0 aliphatic rings. The monoisotopic (exact) mass is 1110 g/mol. The summed E-state index contributed by atoms with van der Waals surface area (Å²) < 4.78 is 0. The van der Waals surface area contributed by atoms with Gasteiger partial charge in [0, 0.05) is 18.3 Å². The van der Waals surface area contributed by atoms with Crippen molar-refractivity contribution in [3.8, 4) is 0 Å². The number of amides is 11. The van der Waals surface area contributed by atoms with E-state index in [2.05, 4.69) is 63.1 Å². The predicted molar refractivity (Wildman–Crippen MR) is 282 cm³/mol. The number of carboxylic acid groups (broad SMARTS) is 1. The molecule has 0 saturated heterocycles. The quantitative estimate of drug-likeness (QED) is 0.0273. The van der Waals surface area contributed by atoms with Crippen LogP contribution in [0.5, 0.6) is 0 Å². The van der Waals surface area contributed by atoms with Gasteiger partial charge < -0.3 is 86.2 Å². The minimum absolute atomic E-state index is 0.0138. The Labute approximate surface area is 449 Å². The number of rotatable bonds is 39. The maximum atomic E-state index is 14.2. The lowest BCUT2D eigenvalue weighted by Gasteiger charge is -2.27. The van der Waals surface area contributed by atoms with Gasteiger partial charge in [0.1, 0.15) is 48.3 Å². The van der Waals surface area contributed by atoms with Crippen LogP contribution in [-0.4, -0.2) is 191 Å². The zero-order chi connectivity index (χ0) is 57.3. The van der Waals surface area contributed by atoms with Crippen molar-refractivity contribution in [1.29, 1.82) is 0 Å². The summed E-state index contributed by atoms with van der Waals surface area (Å²) in [7, 11) is 0. The number of carbonyl (C=O) groups is 12. The Kier molecular flexibility index (Phi) is 33.0. The van der Waals surface area contributed by atoms with Crippen LogP contribution in [0.3, 0.4) is 0 Å². The van der Waals surface area contributed by atoms with E-state index in [1.165, 1.54) is 56.8 Å². The average molecular weight is 1120 g/mol. The Morgan fingerprint density at radius 2 is 1.00 bits per heavy atom. The first-order valence-electron chi connectivity index (χ1n) is 24.6. The largest absolute Gasteiger partial charge is 0.480 e. The molecule has 0 bridgehead atoms. The van der Waals surface area contributed by atoms with E-state index in [1.807, 2.05) is 0 Å². The number of unbranched alkanes of at least 4 members (excludes halogenated alkanes) is 2. The summed E-state index contributed by atoms with van der Waals surface area (Å²) in [4.78, 5) is 163. The molecule has 31 heteroatoms. The van der Waals surface area contributed by atoms with Gasteiger partial charge >= 0.3 is 5.97 Å². The molecular weight excluding hydrogens is 1040 g/mol. The number of imidazole rings is 1. The van der Waals surface area contributed by atoms with Crippen LogP contribution in [0.2, 0.25) is 0 Å². The van der Waals surface area contributed by atoms with E-state index >= 15 is 0 Å². The van der Waals surface area contributed by atoms with Gasteiger partial charge in [-0.15, -0.1) is 0 Å². The summed E-state index contributed by atoms with van der Waals surface area (Å²) in [5, 5.41) is 33.6. The number of aliphatic carboxylic acids is 1. The van der Waals surface area contributed by atoms with E-state index in [1.54, 1.807) is 12.5 Å². The Morgan fingerprint density at radius 3 is 1.50 bits per heavy atom. The third kappa shape index (κ3) is 27.3. The molecule has 0 radical (unpaired) electrons. The van der Waals surface area contributed by atoms with Crippen LogP contribution in [0.4, 0.5) is 0 Å². The summed E-state index contributed by atoms with van der Waals surface area (Å²) >= 11 is 2.69. The predicted octanol–water partition coefficient (Wildman–Crippen LogP) is -5.83. The van der Waals surface area contributed by atoms with Gasteiger partial charge in [-0.05, 0) is 103 Å². The van der Waals surface area contributed by atoms with Gasteiger partial charge in [0.15, 0.2) is 0 Å². The molecule has 1 aromatic rings. The van der Waals surface area contributed by atoms with Crippen molar-refractivity contribution < 1.29 is 62.6 Å². The number of carboxylic acids is 1. The average Bonchev–Trinajstić information content (AvgIpc) is 3.89. The number of thioether (sulfide) groups is 2. The second kappa shape index (κ2) is 37.2. The zero-order valence-electron chi connectivity index (χ0n) is 43.6.